The van der Waals surface area contributed by atoms with E-state index in [1.54, 1.807) is 43.4 Å². The van der Waals surface area contributed by atoms with Crippen LogP contribution in [-0.2, 0) is 6.54 Å². The van der Waals surface area contributed by atoms with Crippen molar-refractivity contribution in [3.63, 3.8) is 0 Å². The van der Waals surface area contributed by atoms with Crippen LogP contribution in [0.2, 0.25) is 5.02 Å². The smallest absolute Gasteiger partial charge is 0.162 e. The molecule has 0 bridgehead atoms. The number of halogens is 1. The fourth-order valence-corrected chi connectivity index (χ4v) is 4.19. The van der Waals surface area contributed by atoms with Crippen molar-refractivity contribution in [3.05, 3.63) is 89.3 Å². The Balaban J connectivity index is 1.49. The molecule has 0 radical (unpaired) electrons. The minimum Gasteiger partial charge on any atom is -0.497 e. The van der Waals surface area contributed by atoms with Crippen LogP contribution in [0, 0.1) is 11.3 Å². The molecule has 9 heteroatoms. The van der Waals surface area contributed by atoms with E-state index < -0.39 is 0 Å². The maximum atomic E-state index is 9.16. The fourth-order valence-electron chi connectivity index (χ4n) is 4.01. The molecule has 5 rings (SSSR count). The number of benzene rings is 3. The van der Waals surface area contributed by atoms with Gasteiger partial charge < -0.3 is 14.8 Å². The van der Waals surface area contributed by atoms with Gasteiger partial charge in [0.2, 0.25) is 0 Å². The zero-order valence-electron chi connectivity index (χ0n) is 19.6. The fraction of sp³-hybridized carbons (Fsp3) is 0.111. The standard InChI is InChI=1S/C27H21ClN6O2/c1-35-21-6-3-18(27(13-21)36-2)15-30-25-16-31-32-24-11-17(4-7-22(24)25)23-12-19(28)5-8-26(23)34-10-9-20(14-29)33-34/h3-13,16H,15H2,1-2H3,(H,30,32). The van der Waals surface area contributed by atoms with Gasteiger partial charge in [-0.3, -0.25) is 0 Å². The van der Waals surface area contributed by atoms with Gasteiger partial charge in [0.15, 0.2) is 5.69 Å². The lowest BCUT2D eigenvalue weighted by Gasteiger charge is -2.14. The number of ether oxygens (including phenoxy) is 2. The maximum absolute atomic E-state index is 9.16. The molecule has 36 heavy (non-hydrogen) atoms. The predicted molar refractivity (Wildman–Crippen MR) is 139 cm³/mol. The Hall–Kier alpha value is -4.61. The van der Waals surface area contributed by atoms with Crippen molar-refractivity contribution in [3.8, 4) is 34.4 Å². The highest BCUT2D eigenvalue weighted by atomic mass is 35.5. The molecular weight excluding hydrogens is 476 g/mol. The summed E-state index contributed by atoms with van der Waals surface area (Å²) < 4.78 is 12.5. The van der Waals surface area contributed by atoms with E-state index in [4.69, 9.17) is 26.3 Å². The molecule has 0 unspecified atom stereocenters. The molecule has 0 aliphatic heterocycles. The SMILES string of the molecule is COc1ccc(CNc2cnnc3cc(-c4cc(Cl)ccc4-n4ccc(C#N)n4)ccc23)c(OC)c1. The second-order valence-corrected chi connectivity index (χ2v) is 8.38. The van der Waals surface area contributed by atoms with E-state index in [1.165, 1.54) is 0 Å². The summed E-state index contributed by atoms with van der Waals surface area (Å²) in [7, 11) is 3.26. The molecule has 2 heterocycles. The highest BCUT2D eigenvalue weighted by Crippen LogP contribution is 2.33. The molecule has 0 aliphatic carbocycles. The van der Waals surface area contributed by atoms with Crippen molar-refractivity contribution < 1.29 is 9.47 Å². The molecule has 0 fully saturated rings. The van der Waals surface area contributed by atoms with E-state index in [0.717, 1.165) is 50.5 Å². The molecule has 1 N–H and O–H groups in total. The van der Waals surface area contributed by atoms with Crippen molar-refractivity contribution in [1.82, 2.24) is 20.0 Å². The van der Waals surface area contributed by atoms with Crippen LogP contribution < -0.4 is 14.8 Å². The van der Waals surface area contributed by atoms with Crippen molar-refractivity contribution in [2.75, 3.05) is 19.5 Å². The number of methoxy groups -OCH3 is 2. The Bertz CT molecular complexity index is 1610. The van der Waals surface area contributed by atoms with Crippen molar-refractivity contribution in [2.24, 2.45) is 0 Å². The van der Waals surface area contributed by atoms with E-state index >= 15 is 0 Å². The normalized spacial score (nSPS) is 10.7. The van der Waals surface area contributed by atoms with Crippen LogP contribution in [0.3, 0.4) is 0 Å². The Morgan fingerprint density at radius 3 is 2.69 bits per heavy atom. The molecule has 0 spiro atoms. The van der Waals surface area contributed by atoms with E-state index in [0.29, 0.717) is 17.3 Å². The third kappa shape index (κ3) is 4.52. The molecule has 178 valence electrons. The summed E-state index contributed by atoms with van der Waals surface area (Å²) in [6.45, 7) is 0.536. The summed E-state index contributed by atoms with van der Waals surface area (Å²) in [6.07, 6.45) is 3.46. The van der Waals surface area contributed by atoms with Gasteiger partial charge in [-0.15, -0.1) is 0 Å². The molecule has 0 amide bonds. The van der Waals surface area contributed by atoms with Crippen molar-refractivity contribution in [1.29, 1.82) is 5.26 Å². The first kappa shape index (κ1) is 23.1. The second kappa shape index (κ2) is 9.94. The van der Waals surface area contributed by atoms with Crippen LogP contribution in [-0.4, -0.2) is 34.2 Å². The Morgan fingerprint density at radius 2 is 1.92 bits per heavy atom. The molecular formula is C27H21ClN6O2. The van der Waals surface area contributed by atoms with Gasteiger partial charge in [0, 0.05) is 40.3 Å². The quantitative estimate of drug-likeness (QED) is 0.311. The Labute approximate surface area is 212 Å². The van der Waals surface area contributed by atoms with Crippen LogP contribution in [0.5, 0.6) is 11.5 Å². The van der Waals surface area contributed by atoms with Gasteiger partial charge in [-0.2, -0.15) is 20.6 Å². The highest BCUT2D eigenvalue weighted by Gasteiger charge is 2.13. The summed E-state index contributed by atoms with van der Waals surface area (Å²) in [5.74, 6) is 1.47. The zero-order valence-corrected chi connectivity index (χ0v) is 20.3. The second-order valence-electron chi connectivity index (χ2n) is 7.94. The number of anilines is 1. The predicted octanol–water partition coefficient (Wildman–Crippen LogP) is 5.64. The topological polar surface area (TPSA) is 97.9 Å². The summed E-state index contributed by atoms with van der Waals surface area (Å²) in [4.78, 5) is 0. The van der Waals surface area contributed by atoms with Gasteiger partial charge in [-0.05, 0) is 54.1 Å². The molecule has 0 aliphatic rings. The number of hydrogen-bond acceptors (Lipinski definition) is 7. The zero-order chi connectivity index (χ0) is 25.1. The lowest BCUT2D eigenvalue weighted by atomic mass is 10.0. The lowest BCUT2D eigenvalue weighted by molar-refractivity contribution is 0.391. The third-order valence-corrected chi connectivity index (χ3v) is 6.06. The largest absolute Gasteiger partial charge is 0.497 e. The van der Waals surface area contributed by atoms with Crippen LogP contribution in [0.1, 0.15) is 11.3 Å². The van der Waals surface area contributed by atoms with Gasteiger partial charge in [0.05, 0.1) is 37.3 Å². The molecule has 0 atom stereocenters. The minimum atomic E-state index is 0.337. The number of hydrogen-bond donors (Lipinski definition) is 1. The first-order chi connectivity index (χ1) is 17.6. The van der Waals surface area contributed by atoms with Gasteiger partial charge in [0.25, 0.3) is 0 Å². The number of nitrogens with one attached hydrogen (secondary N) is 1. The van der Waals surface area contributed by atoms with Crippen molar-refractivity contribution >= 4 is 28.2 Å². The van der Waals surface area contributed by atoms with Crippen LogP contribution in [0.4, 0.5) is 5.69 Å². The number of nitriles is 1. The molecule has 2 aromatic heterocycles. The summed E-state index contributed by atoms with van der Waals surface area (Å²) in [6, 6.07) is 21.0. The van der Waals surface area contributed by atoms with E-state index in [2.05, 4.69) is 26.7 Å². The molecule has 0 saturated heterocycles. The Kier molecular flexibility index (Phi) is 6.39. The van der Waals surface area contributed by atoms with Gasteiger partial charge in [-0.25, -0.2) is 4.68 Å². The van der Waals surface area contributed by atoms with E-state index in [9.17, 15) is 0 Å². The average Bonchev–Trinajstić information content (AvgIpc) is 3.40. The van der Waals surface area contributed by atoms with Gasteiger partial charge >= 0.3 is 0 Å². The Morgan fingerprint density at radius 1 is 1.03 bits per heavy atom. The molecule has 8 nitrogen and oxygen atoms in total. The molecule has 0 saturated carbocycles. The first-order valence-electron chi connectivity index (χ1n) is 11.1. The monoisotopic (exact) mass is 496 g/mol. The van der Waals surface area contributed by atoms with Crippen LogP contribution >= 0.6 is 11.6 Å². The summed E-state index contributed by atoms with van der Waals surface area (Å²) in [5.41, 5.74) is 5.46. The number of nitrogens with zero attached hydrogens (tertiary/aromatic N) is 5. The highest BCUT2D eigenvalue weighted by molar-refractivity contribution is 6.31. The minimum absolute atomic E-state index is 0.337. The average molecular weight is 497 g/mol. The maximum Gasteiger partial charge on any atom is 0.162 e. The van der Waals surface area contributed by atoms with Gasteiger partial charge in [0.1, 0.15) is 17.6 Å². The summed E-state index contributed by atoms with van der Waals surface area (Å²) >= 11 is 6.34. The number of aromatic nitrogens is 4. The summed E-state index contributed by atoms with van der Waals surface area (Å²) in [5, 5.41) is 27.0. The number of fused-ring (bicyclic) bond motifs is 1. The number of rotatable bonds is 7. The van der Waals surface area contributed by atoms with E-state index in [-0.39, 0.29) is 0 Å². The lowest BCUT2D eigenvalue weighted by Crippen LogP contribution is -2.03. The van der Waals surface area contributed by atoms with Crippen molar-refractivity contribution in [2.45, 2.75) is 6.54 Å². The molecule has 5 aromatic rings. The molecule has 3 aromatic carbocycles. The third-order valence-electron chi connectivity index (χ3n) is 5.82. The van der Waals surface area contributed by atoms with Crippen LogP contribution in [0.15, 0.2) is 73.1 Å². The van der Waals surface area contributed by atoms with Gasteiger partial charge in [-0.1, -0.05) is 17.7 Å². The van der Waals surface area contributed by atoms with E-state index in [1.807, 2.05) is 48.5 Å². The first-order valence-corrected chi connectivity index (χ1v) is 11.4. The van der Waals surface area contributed by atoms with Crippen LogP contribution in [0.25, 0.3) is 27.7 Å².